The van der Waals surface area contributed by atoms with Crippen molar-refractivity contribution in [1.29, 1.82) is 0 Å². The van der Waals surface area contributed by atoms with Gasteiger partial charge in [0.1, 0.15) is 6.04 Å². The van der Waals surface area contributed by atoms with Crippen LogP contribution in [-0.4, -0.2) is 61.4 Å². The molecule has 1 heterocycles. The van der Waals surface area contributed by atoms with Crippen LogP contribution < -0.4 is 5.32 Å². The highest BCUT2D eigenvalue weighted by atomic mass is 16.2. The van der Waals surface area contributed by atoms with Crippen molar-refractivity contribution in [3.8, 4) is 0 Å². The molecule has 2 atom stereocenters. The molecule has 0 aromatic rings. The number of likely N-dealkylation sites (N-methyl/N-ethyl adjacent to an activating group) is 1. The van der Waals surface area contributed by atoms with Crippen molar-refractivity contribution in [2.45, 2.75) is 26.8 Å². The lowest BCUT2D eigenvalue weighted by Gasteiger charge is -2.38. The molecule has 0 spiro atoms. The Kier molecular flexibility index (Phi) is 5.14. The van der Waals surface area contributed by atoms with Crippen molar-refractivity contribution in [2.75, 3.05) is 33.7 Å². The van der Waals surface area contributed by atoms with E-state index in [9.17, 15) is 9.59 Å². The fourth-order valence-electron chi connectivity index (χ4n) is 2.03. The molecule has 1 aliphatic heterocycles. The smallest absolute Gasteiger partial charge is 0.246 e. The summed E-state index contributed by atoms with van der Waals surface area (Å²) in [6.07, 6.45) is 0. The van der Waals surface area contributed by atoms with Gasteiger partial charge in [0.2, 0.25) is 11.8 Å². The van der Waals surface area contributed by atoms with E-state index >= 15 is 0 Å². The molecule has 2 unspecified atom stereocenters. The van der Waals surface area contributed by atoms with Gasteiger partial charge in [0.25, 0.3) is 0 Å². The molecule has 0 aromatic carbocycles. The Hall–Kier alpha value is -1.10. The number of carbonyl (C=O) groups excluding carboxylic acids is 2. The lowest BCUT2D eigenvalue weighted by atomic mass is 9.95. The number of carbonyl (C=O) groups is 2. The van der Waals surface area contributed by atoms with E-state index in [0.717, 1.165) is 6.54 Å². The van der Waals surface area contributed by atoms with Crippen LogP contribution >= 0.6 is 0 Å². The van der Waals surface area contributed by atoms with Crippen molar-refractivity contribution in [2.24, 2.45) is 11.8 Å². The molecule has 5 nitrogen and oxygen atoms in total. The Morgan fingerprint density at radius 1 is 1.28 bits per heavy atom. The van der Waals surface area contributed by atoms with Crippen LogP contribution in [0.2, 0.25) is 0 Å². The van der Waals surface area contributed by atoms with Crippen LogP contribution in [0, 0.1) is 11.8 Å². The van der Waals surface area contributed by atoms with E-state index in [1.165, 1.54) is 0 Å². The Morgan fingerprint density at radius 3 is 2.39 bits per heavy atom. The second-order valence-electron chi connectivity index (χ2n) is 5.52. The van der Waals surface area contributed by atoms with E-state index < -0.39 is 0 Å². The minimum Gasteiger partial charge on any atom is -0.347 e. The molecular formula is C13H25N3O2. The first-order chi connectivity index (χ1) is 8.36. The first-order valence-electron chi connectivity index (χ1n) is 6.58. The zero-order chi connectivity index (χ0) is 13.9. The lowest BCUT2D eigenvalue weighted by molar-refractivity contribution is -0.148. The molecule has 2 amide bonds. The first kappa shape index (κ1) is 15.0. The Balaban J connectivity index is 2.82. The average molecular weight is 255 g/mol. The van der Waals surface area contributed by atoms with Gasteiger partial charge in [0.15, 0.2) is 0 Å². The van der Waals surface area contributed by atoms with Crippen LogP contribution in [0.3, 0.4) is 0 Å². The highest BCUT2D eigenvalue weighted by Gasteiger charge is 2.35. The molecule has 1 rings (SSSR count). The molecule has 1 saturated heterocycles. The summed E-state index contributed by atoms with van der Waals surface area (Å²) in [5, 5.41) is 3.18. The Bertz CT molecular complexity index is 315. The van der Waals surface area contributed by atoms with Gasteiger partial charge < -0.3 is 15.1 Å². The molecule has 5 heteroatoms. The number of amides is 2. The van der Waals surface area contributed by atoms with Gasteiger partial charge in [-0.1, -0.05) is 20.8 Å². The van der Waals surface area contributed by atoms with Crippen LogP contribution in [0.4, 0.5) is 0 Å². The fraction of sp³-hybridized carbons (Fsp3) is 0.846. The summed E-state index contributed by atoms with van der Waals surface area (Å²) in [6, 6.07) is -0.359. The summed E-state index contributed by atoms with van der Waals surface area (Å²) < 4.78 is 0. The number of nitrogens with zero attached hydrogens (tertiary/aromatic N) is 2. The largest absolute Gasteiger partial charge is 0.347 e. The minimum absolute atomic E-state index is 0.00786. The maximum Gasteiger partial charge on any atom is 0.246 e. The van der Waals surface area contributed by atoms with Crippen LogP contribution in [0.1, 0.15) is 20.8 Å². The summed E-state index contributed by atoms with van der Waals surface area (Å²) in [5.74, 6) is 0.335. The van der Waals surface area contributed by atoms with Crippen molar-refractivity contribution < 1.29 is 9.59 Å². The van der Waals surface area contributed by atoms with Gasteiger partial charge >= 0.3 is 0 Å². The molecule has 1 aliphatic rings. The number of nitrogens with one attached hydrogen (secondary N) is 1. The summed E-state index contributed by atoms with van der Waals surface area (Å²) in [4.78, 5) is 27.8. The zero-order valence-electron chi connectivity index (χ0n) is 12.1. The van der Waals surface area contributed by atoms with Crippen LogP contribution in [0.5, 0.6) is 0 Å². The van der Waals surface area contributed by atoms with E-state index in [2.05, 4.69) is 5.32 Å². The van der Waals surface area contributed by atoms with Gasteiger partial charge in [0.05, 0.1) is 0 Å². The maximum atomic E-state index is 12.4. The SMILES string of the molecule is CC(C)C(C)C(=O)N1CCNCC1C(=O)N(C)C. The van der Waals surface area contributed by atoms with Gasteiger partial charge in [-0.05, 0) is 5.92 Å². The molecule has 18 heavy (non-hydrogen) atoms. The van der Waals surface area contributed by atoms with Crippen molar-refractivity contribution in [3.05, 3.63) is 0 Å². The normalized spacial score (nSPS) is 21.9. The molecule has 1 N–H and O–H groups in total. The average Bonchev–Trinajstić information content (AvgIpc) is 2.35. The summed E-state index contributed by atoms with van der Waals surface area (Å²) >= 11 is 0. The van der Waals surface area contributed by atoms with Crippen molar-refractivity contribution >= 4 is 11.8 Å². The van der Waals surface area contributed by atoms with Gasteiger partial charge in [-0.25, -0.2) is 0 Å². The highest BCUT2D eigenvalue weighted by molar-refractivity contribution is 5.88. The Labute approximate surface area is 110 Å². The molecule has 0 aromatic heterocycles. The van der Waals surface area contributed by atoms with Crippen molar-refractivity contribution in [3.63, 3.8) is 0 Å². The molecule has 0 saturated carbocycles. The quantitative estimate of drug-likeness (QED) is 0.782. The van der Waals surface area contributed by atoms with Crippen molar-refractivity contribution in [1.82, 2.24) is 15.1 Å². The maximum absolute atomic E-state index is 12.4. The second-order valence-corrected chi connectivity index (χ2v) is 5.52. The number of hydrogen-bond donors (Lipinski definition) is 1. The molecule has 0 radical (unpaired) electrons. The second kappa shape index (κ2) is 6.18. The summed E-state index contributed by atoms with van der Waals surface area (Å²) in [7, 11) is 3.46. The van der Waals surface area contributed by atoms with E-state index in [1.54, 1.807) is 23.9 Å². The standard InChI is InChI=1S/C13H25N3O2/c1-9(2)10(3)12(17)16-7-6-14-8-11(16)13(18)15(4)5/h9-11,14H,6-8H2,1-5H3. The zero-order valence-corrected chi connectivity index (χ0v) is 12.1. The molecule has 0 bridgehead atoms. The van der Waals surface area contributed by atoms with Gasteiger partial charge in [0, 0.05) is 39.6 Å². The Morgan fingerprint density at radius 2 is 1.89 bits per heavy atom. The van der Waals surface area contributed by atoms with Gasteiger partial charge in [-0.2, -0.15) is 0 Å². The molecule has 1 fully saturated rings. The van der Waals surface area contributed by atoms with Crippen LogP contribution in [-0.2, 0) is 9.59 Å². The van der Waals surface area contributed by atoms with Gasteiger partial charge in [-0.3, -0.25) is 9.59 Å². The number of piperazine rings is 1. The number of hydrogen-bond acceptors (Lipinski definition) is 3. The molecule has 104 valence electrons. The topological polar surface area (TPSA) is 52.7 Å². The third kappa shape index (κ3) is 3.22. The third-order valence-corrected chi connectivity index (χ3v) is 3.64. The first-order valence-corrected chi connectivity index (χ1v) is 6.58. The van der Waals surface area contributed by atoms with E-state index in [-0.39, 0.29) is 23.8 Å². The number of rotatable bonds is 3. The van der Waals surface area contributed by atoms with E-state index in [0.29, 0.717) is 19.0 Å². The minimum atomic E-state index is -0.359. The summed E-state index contributed by atoms with van der Waals surface area (Å²) in [6.45, 7) is 7.93. The van der Waals surface area contributed by atoms with Crippen LogP contribution in [0.25, 0.3) is 0 Å². The van der Waals surface area contributed by atoms with Crippen LogP contribution in [0.15, 0.2) is 0 Å². The van der Waals surface area contributed by atoms with E-state index in [1.807, 2.05) is 20.8 Å². The monoisotopic (exact) mass is 255 g/mol. The van der Waals surface area contributed by atoms with Gasteiger partial charge in [-0.15, -0.1) is 0 Å². The third-order valence-electron chi connectivity index (χ3n) is 3.64. The predicted octanol–water partition coefficient (Wildman–Crippen LogP) is 0.167. The predicted molar refractivity (Wildman–Crippen MR) is 71.1 cm³/mol. The summed E-state index contributed by atoms with van der Waals surface area (Å²) in [5.41, 5.74) is 0. The lowest BCUT2D eigenvalue weighted by Crippen LogP contribution is -2.60. The highest BCUT2D eigenvalue weighted by Crippen LogP contribution is 2.17. The van der Waals surface area contributed by atoms with E-state index in [4.69, 9.17) is 0 Å². The molecule has 0 aliphatic carbocycles. The fourth-order valence-corrected chi connectivity index (χ4v) is 2.03. The molecular weight excluding hydrogens is 230 g/mol.